The minimum Gasteiger partial charge on any atom is -0.418 e. The second kappa shape index (κ2) is 8.01. The third kappa shape index (κ3) is 4.12. The Morgan fingerprint density at radius 1 is 0.966 bits per heavy atom. The maximum atomic E-state index is 14.0. The molecule has 1 aromatic heterocycles. The Hall–Kier alpha value is -3.25. The lowest BCUT2D eigenvalue weighted by Gasteiger charge is -2.17. The van der Waals surface area contributed by atoms with Gasteiger partial charge < -0.3 is 9.73 Å². The number of anilines is 1. The molecule has 1 N–H and O–H groups in total. The average molecular weight is 412 g/mol. The highest BCUT2D eigenvalue weighted by molar-refractivity contribution is 6.33. The summed E-state index contributed by atoms with van der Waals surface area (Å²) in [4.78, 5) is 0. The van der Waals surface area contributed by atoms with Gasteiger partial charge in [0.2, 0.25) is 11.8 Å². The molecular formula is C22H16ClF2N3O. The molecule has 1 unspecified atom stereocenters. The number of nitrogens with one attached hydrogen (secondary N) is 1. The third-order valence-corrected chi connectivity index (χ3v) is 4.81. The summed E-state index contributed by atoms with van der Waals surface area (Å²) in [6.45, 7) is 1.68. The number of hydrogen-bond donors (Lipinski definition) is 1. The lowest BCUT2D eigenvalue weighted by Crippen LogP contribution is -2.13. The van der Waals surface area contributed by atoms with Crippen molar-refractivity contribution in [1.82, 2.24) is 10.2 Å². The largest absolute Gasteiger partial charge is 0.418 e. The lowest BCUT2D eigenvalue weighted by atomic mass is 10.1. The fourth-order valence-corrected chi connectivity index (χ4v) is 3.10. The number of rotatable bonds is 5. The Labute approximate surface area is 171 Å². The minimum atomic E-state index is -0.610. The van der Waals surface area contributed by atoms with Crippen molar-refractivity contribution in [1.29, 1.82) is 0 Å². The standard InChI is InChI=1S/C22H16ClF2N3O/c1-13-6-11-16(12-19(13)25)26-20(14-7-9-15(24)10-8-14)22-28-27-21(29-22)17-4-2-3-5-18(17)23/h2-12,20,26H,1H3. The van der Waals surface area contributed by atoms with Gasteiger partial charge in [-0.3, -0.25) is 0 Å². The Morgan fingerprint density at radius 2 is 1.72 bits per heavy atom. The van der Waals surface area contributed by atoms with E-state index in [9.17, 15) is 8.78 Å². The maximum absolute atomic E-state index is 14.0. The molecule has 4 aromatic rings. The number of aromatic nitrogens is 2. The maximum Gasteiger partial charge on any atom is 0.249 e. The quantitative estimate of drug-likeness (QED) is 0.426. The first-order valence-electron chi connectivity index (χ1n) is 8.88. The van der Waals surface area contributed by atoms with Crippen molar-refractivity contribution in [3.63, 3.8) is 0 Å². The molecule has 1 atom stereocenters. The Kier molecular flexibility index (Phi) is 5.27. The third-order valence-electron chi connectivity index (χ3n) is 4.48. The molecule has 4 rings (SSSR count). The van der Waals surface area contributed by atoms with Gasteiger partial charge in [-0.05, 0) is 54.4 Å². The van der Waals surface area contributed by atoms with E-state index in [1.54, 1.807) is 49.4 Å². The number of nitrogens with zero attached hydrogens (tertiary/aromatic N) is 2. The molecular weight excluding hydrogens is 396 g/mol. The molecule has 0 aliphatic rings. The van der Waals surface area contributed by atoms with Crippen molar-refractivity contribution < 1.29 is 13.2 Å². The number of aryl methyl sites for hydroxylation is 1. The lowest BCUT2D eigenvalue weighted by molar-refractivity contribution is 0.493. The topological polar surface area (TPSA) is 51.0 Å². The van der Waals surface area contributed by atoms with E-state index in [1.807, 2.05) is 6.07 Å². The Balaban J connectivity index is 1.73. The van der Waals surface area contributed by atoms with E-state index in [0.29, 0.717) is 27.4 Å². The molecule has 0 aliphatic carbocycles. The minimum absolute atomic E-state index is 0.243. The van der Waals surface area contributed by atoms with Crippen molar-refractivity contribution in [2.45, 2.75) is 13.0 Å². The van der Waals surface area contributed by atoms with Crippen molar-refractivity contribution in [3.05, 3.63) is 100 Å². The molecule has 29 heavy (non-hydrogen) atoms. The summed E-state index contributed by atoms with van der Waals surface area (Å²) in [6.07, 6.45) is 0. The molecule has 0 bridgehead atoms. The molecule has 0 fully saturated rings. The average Bonchev–Trinajstić information content (AvgIpc) is 3.19. The van der Waals surface area contributed by atoms with Crippen molar-refractivity contribution in [3.8, 4) is 11.5 Å². The molecule has 7 heteroatoms. The molecule has 0 saturated carbocycles. The fourth-order valence-electron chi connectivity index (χ4n) is 2.89. The Bertz CT molecular complexity index is 1150. The van der Waals surface area contributed by atoms with E-state index in [0.717, 1.165) is 0 Å². The summed E-state index contributed by atoms with van der Waals surface area (Å²) in [7, 11) is 0. The summed E-state index contributed by atoms with van der Waals surface area (Å²) in [5, 5.41) is 11.9. The van der Waals surface area contributed by atoms with Gasteiger partial charge in [-0.15, -0.1) is 10.2 Å². The van der Waals surface area contributed by atoms with E-state index in [2.05, 4.69) is 15.5 Å². The second-order valence-corrected chi connectivity index (χ2v) is 6.93. The monoisotopic (exact) mass is 411 g/mol. The van der Waals surface area contributed by atoms with E-state index in [1.165, 1.54) is 18.2 Å². The van der Waals surface area contributed by atoms with Crippen LogP contribution in [0.2, 0.25) is 5.02 Å². The smallest absolute Gasteiger partial charge is 0.249 e. The predicted octanol–water partition coefficient (Wildman–Crippen LogP) is 6.18. The van der Waals surface area contributed by atoms with Crippen molar-refractivity contribution in [2.24, 2.45) is 0 Å². The van der Waals surface area contributed by atoms with Gasteiger partial charge in [0.15, 0.2) is 0 Å². The van der Waals surface area contributed by atoms with E-state index in [-0.39, 0.29) is 23.4 Å². The van der Waals surface area contributed by atoms with Crippen LogP contribution in [0.25, 0.3) is 11.5 Å². The zero-order chi connectivity index (χ0) is 20.4. The second-order valence-electron chi connectivity index (χ2n) is 6.52. The zero-order valence-corrected chi connectivity index (χ0v) is 16.1. The summed E-state index contributed by atoms with van der Waals surface area (Å²) in [5.74, 6) is -0.201. The summed E-state index contributed by atoms with van der Waals surface area (Å²) < 4.78 is 33.3. The molecule has 4 nitrogen and oxygen atoms in total. The van der Waals surface area contributed by atoms with Crippen LogP contribution in [-0.2, 0) is 0 Å². The fraction of sp³-hybridized carbons (Fsp3) is 0.0909. The summed E-state index contributed by atoms with van der Waals surface area (Å²) in [6, 6.07) is 17.2. The molecule has 1 heterocycles. The van der Waals surface area contributed by atoms with Gasteiger partial charge in [-0.2, -0.15) is 0 Å². The van der Waals surface area contributed by atoms with Crippen molar-refractivity contribution >= 4 is 17.3 Å². The molecule has 0 aliphatic heterocycles. The van der Waals surface area contributed by atoms with E-state index < -0.39 is 6.04 Å². The van der Waals surface area contributed by atoms with Gasteiger partial charge in [0.25, 0.3) is 0 Å². The predicted molar refractivity (Wildman–Crippen MR) is 108 cm³/mol. The highest BCUT2D eigenvalue weighted by Gasteiger charge is 2.22. The number of benzene rings is 3. The van der Waals surface area contributed by atoms with Gasteiger partial charge >= 0.3 is 0 Å². The first-order chi connectivity index (χ1) is 14.0. The first kappa shape index (κ1) is 19.1. The summed E-state index contributed by atoms with van der Waals surface area (Å²) in [5.41, 5.74) is 2.35. The van der Waals surface area contributed by atoms with Crippen LogP contribution in [0.3, 0.4) is 0 Å². The molecule has 0 saturated heterocycles. The number of halogens is 3. The van der Waals surface area contributed by atoms with Crippen LogP contribution in [0.15, 0.2) is 71.1 Å². The van der Waals surface area contributed by atoms with Crippen LogP contribution >= 0.6 is 11.6 Å². The van der Waals surface area contributed by atoms with Crippen LogP contribution < -0.4 is 5.32 Å². The van der Waals surface area contributed by atoms with Crippen LogP contribution in [0.5, 0.6) is 0 Å². The highest BCUT2D eigenvalue weighted by atomic mass is 35.5. The normalized spacial score (nSPS) is 12.0. The van der Waals surface area contributed by atoms with Gasteiger partial charge in [0.05, 0.1) is 10.6 Å². The van der Waals surface area contributed by atoms with E-state index >= 15 is 0 Å². The van der Waals surface area contributed by atoms with E-state index in [4.69, 9.17) is 16.0 Å². The summed E-state index contributed by atoms with van der Waals surface area (Å²) >= 11 is 6.22. The molecule has 3 aromatic carbocycles. The first-order valence-corrected chi connectivity index (χ1v) is 9.25. The van der Waals surface area contributed by atoms with Crippen LogP contribution in [0, 0.1) is 18.6 Å². The van der Waals surface area contributed by atoms with Gasteiger partial charge in [0, 0.05) is 5.69 Å². The van der Waals surface area contributed by atoms with Gasteiger partial charge in [0.1, 0.15) is 17.7 Å². The number of hydrogen-bond acceptors (Lipinski definition) is 4. The molecule has 0 spiro atoms. The molecule has 0 radical (unpaired) electrons. The molecule has 146 valence electrons. The van der Waals surface area contributed by atoms with Gasteiger partial charge in [-0.1, -0.05) is 41.9 Å². The van der Waals surface area contributed by atoms with Crippen LogP contribution in [0.4, 0.5) is 14.5 Å². The van der Waals surface area contributed by atoms with Crippen molar-refractivity contribution in [2.75, 3.05) is 5.32 Å². The van der Waals surface area contributed by atoms with Crippen LogP contribution in [0.1, 0.15) is 23.1 Å². The molecule has 0 amide bonds. The van der Waals surface area contributed by atoms with Gasteiger partial charge in [-0.25, -0.2) is 8.78 Å². The Morgan fingerprint density at radius 3 is 2.45 bits per heavy atom. The van der Waals surface area contributed by atoms with Crippen LogP contribution in [-0.4, -0.2) is 10.2 Å². The zero-order valence-electron chi connectivity index (χ0n) is 15.4. The highest BCUT2D eigenvalue weighted by Crippen LogP contribution is 2.31. The SMILES string of the molecule is Cc1ccc(NC(c2ccc(F)cc2)c2nnc(-c3ccccc3Cl)o2)cc1F.